The molecule has 1 aromatic heterocycles. The highest BCUT2D eigenvalue weighted by molar-refractivity contribution is 6.01. The van der Waals surface area contributed by atoms with Gasteiger partial charge >= 0.3 is 6.03 Å². The molecule has 3 heterocycles. The van der Waals surface area contributed by atoms with Crippen LogP contribution in [0.3, 0.4) is 0 Å². The van der Waals surface area contributed by atoms with Crippen molar-refractivity contribution in [2.45, 2.75) is 0 Å². The van der Waals surface area contributed by atoms with Gasteiger partial charge in [0.15, 0.2) is 0 Å². The van der Waals surface area contributed by atoms with E-state index in [1.165, 1.54) is 17.2 Å². The summed E-state index contributed by atoms with van der Waals surface area (Å²) in [6.45, 7) is 4.41. The van der Waals surface area contributed by atoms with Crippen molar-refractivity contribution in [3.8, 4) is 0 Å². The van der Waals surface area contributed by atoms with Gasteiger partial charge < -0.3 is 10.2 Å². The Balaban J connectivity index is 1.46. The molecule has 2 aliphatic heterocycles. The van der Waals surface area contributed by atoms with Gasteiger partial charge in [-0.1, -0.05) is 0 Å². The number of rotatable bonds is 4. The zero-order valence-electron chi connectivity index (χ0n) is 12.2. The Morgan fingerprint density at radius 1 is 1.14 bits per heavy atom. The van der Waals surface area contributed by atoms with Gasteiger partial charge in [-0.05, 0) is 12.1 Å². The summed E-state index contributed by atoms with van der Waals surface area (Å²) in [6.07, 6.45) is 1.22. The maximum absolute atomic E-state index is 12.9. The molecule has 3 amide bonds. The molecule has 2 fully saturated rings. The molecule has 8 heteroatoms. The van der Waals surface area contributed by atoms with E-state index in [4.69, 9.17) is 0 Å². The molecular weight excluding hydrogens is 289 g/mol. The molecule has 7 nitrogen and oxygen atoms in total. The normalized spacial score (nSPS) is 19.7. The first kappa shape index (κ1) is 14.7. The number of aromatic nitrogens is 1. The van der Waals surface area contributed by atoms with Crippen molar-refractivity contribution in [2.75, 3.05) is 50.7 Å². The van der Waals surface area contributed by atoms with E-state index in [0.717, 1.165) is 32.0 Å². The summed E-state index contributed by atoms with van der Waals surface area (Å²) in [6, 6.07) is 2.78. The molecule has 0 unspecified atom stereocenters. The van der Waals surface area contributed by atoms with Crippen molar-refractivity contribution in [3.63, 3.8) is 0 Å². The number of imide groups is 1. The highest BCUT2D eigenvalue weighted by Gasteiger charge is 2.28. The van der Waals surface area contributed by atoms with Crippen LogP contribution in [0.4, 0.5) is 15.0 Å². The number of halogens is 1. The van der Waals surface area contributed by atoms with Crippen LogP contribution in [0.15, 0.2) is 18.3 Å². The molecule has 2 saturated heterocycles. The van der Waals surface area contributed by atoms with E-state index in [9.17, 15) is 14.0 Å². The molecule has 3 rings (SSSR count). The van der Waals surface area contributed by atoms with E-state index < -0.39 is 0 Å². The van der Waals surface area contributed by atoms with Crippen molar-refractivity contribution in [1.82, 2.24) is 20.1 Å². The van der Waals surface area contributed by atoms with Gasteiger partial charge in [-0.2, -0.15) is 0 Å². The van der Waals surface area contributed by atoms with Crippen LogP contribution in [-0.4, -0.2) is 72.5 Å². The third-order valence-corrected chi connectivity index (χ3v) is 3.98. The van der Waals surface area contributed by atoms with Gasteiger partial charge in [0.1, 0.15) is 11.6 Å². The van der Waals surface area contributed by atoms with Crippen LogP contribution in [0.5, 0.6) is 0 Å². The van der Waals surface area contributed by atoms with E-state index in [1.54, 1.807) is 6.07 Å². The van der Waals surface area contributed by atoms with Crippen molar-refractivity contribution in [3.05, 3.63) is 24.1 Å². The molecule has 1 N–H and O–H groups in total. The van der Waals surface area contributed by atoms with E-state index >= 15 is 0 Å². The van der Waals surface area contributed by atoms with E-state index in [1.807, 2.05) is 0 Å². The number of nitrogens with zero attached hydrogens (tertiary/aromatic N) is 4. The van der Waals surface area contributed by atoms with Gasteiger partial charge in [-0.3, -0.25) is 14.6 Å². The van der Waals surface area contributed by atoms with Crippen LogP contribution in [0.1, 0.15) is 0 Å². The fourth-order valence-electron chi connectivity index (χ4n) is 2.68. The SMILES string of the molecule is O=C1CNC(=O)N1CCN1CCN(c2ccc(F)cn2)CC1. The molecule has 22 heavy (non-hydrogen) atoms. The van der Waals surface area contributed by atoms with Gasteiger partial charge in [0, 0.05) is 39.3 Å². The average molecular weight is 307 g/mol. The lowest BCUT2D eigenvalue weighted by molar-refractivity contribution is -0.125. The topological polar surface area (TPSA) is 68.8 Å². The molecule has 0 bridgehead atoms. The molecule has 0 spiro atoms. The molecule has 0 atom stereocenters. The van der Waals surface area contributed by atoms with Crippen molar-refractivity contribution in [1.29, 1.82) is 0 Å². The number of hydrogen-bond acceptors (Lipinski definition) is 5. The van der Waals surface area contributed by atoms with E-state index in [2.05, 4.69) is 20.1 Å². The van der Waals surface area contributed by atoms with Gasteiger partial charge in [0.25, 0.3) is 0 Å². The molecular formula is C14H18FN5O2. The first-order chi connectivity index (χ1) is 10.6. The second-order valence-corrected chi connectivity index (χ2v) is 5.37. The van der Waals surface area contributed by atoms with Gasteiger partial charge in [0.05, 0.1) is 12.7 Å². The molecule has 118 valence electrons. The minimum atomic E-state index is -0.337. The highest BCUT2D eigenvalue weighted by atomic mass is 19.1. The standard InChI is InChI=1S/C14H18FN5O2/c15-11-1-2-12(16-9-11)19-6-3-18(4-7-19)5-8-20-13(21)10-17-14(20)22/h1-2,9H,3-8,10H2,(H,17,22). The molecule has 2 aliphatic rings. The van der Waals surface area contributed by atoms with Crippen molar-refractivity contribution < 1.29 is 14.0 Å². The molecule has 1 aromatic rings. The predicted molar refractivity (Wildman–Crippen MR) is 78.0 cm³/mol. The summed E-state index contributed by atoms with van der Waals surface area (Å²) in [4.78, 5) is 32.6. The van der Waals surface area contributed by atoms with Crippen LogP contribution in [0.2, 0.25) is 0 Å². The number of piperazine rings is 1. The van der Waals surface area contributed by atoms with Crippen LogP contribution >= 0.6 is 0 Å². The minimum absolute atomic E-state index is 0.100. The largest absolute Gasteiger partial charge is 0.354 e. The first-order valence-electron chi connectivity index (χ1n) is 7.30. The zero-order valence-corrected chi connectivity index (χ0v) is 12.2. The van der Waals surface area contributed by atoms with Crippen LogP contribution in [0, 0.1) is 5.82 Å². The zero-order chi connectivity index (χ0) is 15.5. The number of nitrogens with one attached hydrogen (secondary N) is 1. The van der Waals surface area contributed by atoms with Crippen molar-refractivity contribution in [2.24, 2.45) is 0 Å². The molecule has 0 aromatic carbocycles. The molecule has 0 aliphatic carbocycles. The quantitative estimate of drug-likeness (QED) is 0.787. The lowest BCUT2D eigenvalue weighted by atomic mass is 10.3. The lowest BCUT2D eigenvalue weighted by Gasteiger charge is -2.35. The molecule has 0 radical (unpaired) electrons. The summed E-state index contributed by atoms with van der Waals surface area (Å²) in [7, 11) is 0. The number of amides is 3. The fourth-order valence-corrected chi connectivity index (χ4v) is 2.68. The first-order valence-corrected chi connectivity index (χ1v) is 7.30. The summed E-state index contributed by atoms with van der Waals surface area (Å²) in [5, 5.41) is 2.51. The van der Waals surface area contributed by atoms with E-state index in [-0.39, 0.29) is 24.3 Å². The highest BCUT2D eigenvalue weighted by Crippen LogP contribution is 2.13. The number of anilines is 1. The predicted octanol–water partition coefficient (Wildman–Crippen LogP) is -0.105. The van der Waals surface area contributed by atoms with Crippen LogP contribution in [0.25, 0.3) is 0 Å². The Hall–Kier alpha value is -2.22. The minimum Gasteiger partial charge on any atom is -0.354 e. The Kier molecular flexibility index (Phi) is 4.19. The Morgan fingerprint density at radius 2 is 1.91 bits per heavy atom. The van der Waals surface area contributed by atoms with Crippen LogP contribution in [-0.2, 0) is 4.79 Å². The monoisotopic (exact) mass is 307 g/mol. The molecule has 0 saturated carbocycles. The summed E-state index contributed by atoms with van der Waals surface area (Å²) >= 11 is 0. The van der Waals surface area contributed by atoms with Crippen LogP contribution < -0.4 is 10.2 Å². The number of hydrogen-bond donors (Lipinski definition) is 1. The fraction of sp³-hybridized carbons (Fsp3) is 0.500. The third-order valence-electron chi connectivity index (χ3n) is 3.98. The number of carbonyl (C=O) groups is 2. The Bertz CT molecular complexity index is 541. The Labute approximate surface area is 127 Å². The smallest absolute Gasteiger partial charge is 0.324 e. The Morgan fingerprint density at radius 3 is 2.50 bits per heavy atom. The second kappa shape index (κ2) is 6.27. The lowest BCUT2D eigenvalue weighted by Crippen LogP contribution is -2.49. The number of carbonyl (C=O) groups excluding carboxylic acids is 2. The third kappa shape index (κ3) is 3.16. The number of urea groups is 1. The second-order valence-electron chi connectivity index (χ2n) is 5.37. The maximum atomic E-state index is 12.9. The average Bonchev–Trinajstić information content (AvgIpc) is 2.85. The van der Waals surface area contributed by atoms with Gasteiger partial charge in [-0.15, -0.1) is 0 Å². The van der Waals surface area contributed by atoms with E-state index in [0.29, 0.717) is 13.1 Å². The summed E-state index contributed by atoms with van der Waals surface area (Å²) < 4.78 is 12.9. The van der Waals surface area contributed by atoms with Gasteiger partial charge in [0.2, 0.25) is 5.91 Å². The maximum Gasteiger partial charge on any atom is 0.324 e. The number of pyridine rings is 1. The summed E-state index contributed by atoms with van der Waals surface area (Å²) in [5.41, 5.74) is 0. The summed E-state index contributed by atoms with van der Waals surface area (Å²) in [5.74, 6) is 0.269. The van der Waals surface area contributed by atoms with Crippen molar-refractivity contribution >= 4 is 17.8 Å². The van der Waals surface area contributed by atoms with Gasteiger partial charge in [-0.25, -0.2) is 14.2 Å².